The highest BCUT2D eigenvalue weighted by Gasteiger charge is 2.44. The lowest BCUT2D eigenvalue weighted by Gasteiger charge is -2.35. The quantitative estimate of drug-likeness (QED) is 0.0737. The Morgan fingerprint density at radius 2 is 1.54 bits per heavy atom. The molecule has 0 unspecified atom stereocenters. The maximum absolute atomic E-state index is 14.2. The van der Waals surface area contributed by atoms with Crippen LogP contribution < -0.4 is 20.1 Å². The van der Waals surface area contributed by atoms with Crippen LogP contribution in [0.3, 0.4) is 0 Å². The van der Waals surface area contributed by atoms with Crippen LogP contribution in [-0.2, 0) is 33.9 Å². The van der Waals surface area contributed by atoms with Crippen LogP contribution in [0.5, 0.6) is 23.0 Å². The average molecular weight is 993 g/mol. The number of β-amino-alcohol motifs (C(OH)–C–C–N with tert-alkyl or cyclic N) is 1. The molecule has 0 radical (unpaired) electrons. The van der Waals surface area contributed by atoms with Crippen molar-refractivity contribution in [3.8, 4) is 55.1 Å². The molecule has 364 valence electrons. The first-order valence-corrected chi connectivity index (χ1v) is 24.9. The van der Waals surface area contributed by atoms with Gasteiger partial charge in [-0.15, -0.1) is 22.7 Å². The Kier molecular flexibility index (Phi) is 14.3. The second-order valence-corrected chi connectivity index (χ2v) is 20.6. The van der Waals surface area contributed by atoms with Crippen LogP contribution in [-0.4, -0.2) is 78.9 Å². The molecule has 13 nitrogen and oxygen atoms in total. The Labute approximate surface area is 418 Å². The molecule has 3 aromatic heterocycles. The fourth-order valence-corrected chi connectivity index (χ4v) is 10.5. The zero-order valence-corrected chi connectivity index (χ0v) is 41.2. The number of rotatable bonds is 16. The van der Waals surface area contributed by atoms with Gasteiger partial charge in [-0.05, 0) is 95.3 Å². The van der Waals surface area contributed by atoms with Crippen LogP contribution >= 0.6 is 22.7 Å². The van der Waals surface area contributed by atoms with Gasteiger partial charge < -0.3 is 35.2 Å². The molecule has 1 saturated heterocycles. The Morgan fingerprint density at radius 3 is 2.24 bits per heavy atom. The van der Waals surface area contributed by atoms with E-state index < -0.39 is 29.5 Å². The lowest BCUT2D eigenvalue weighted by atomic mass is 9.85. The summed E-state index contributed by atoms with van der Waals surface area (Å²) in [4.78, 5) is 48.9. The Hall–Kier alpha value is -7.40. The third-order valence-corrected chi connectivity index (χ3v) is 14.5. The monoisotopic (exact) mass is 992 g/mol. The van der Waals surface area contributed by atoms with E-state index in [-0.39, 0.29) is 49.3 Å². The molecule has 3 amide bonds. The van der Waals surface area contributed by atoms with Gasteiger partial charge in [-0.25, -0.2) is 9.37 Å². The lowest BCUT2D eigenvalue weighted by Crippen LogP contribution is -2.58. The summed E-state index contributed by atoms with van der Waals surface area (Å²) in [6, 6.07) is 34.1. The number of hydrogen-bond donors (Lipinski definition) is 4. The fraction of sp³-hybridized carbons (Fsp3) is 0.255. The summed E-state index contributed by atoms with van der Waals surface area (Å²) in [6.45, 7) is 8.64. The van der Waals surface area contributed by atoms with E-state index in [1.807, 2.05) is 124 Å². The first-order chi connectivity index (χ1) is 34.1. The van der Waals surface area contributed by atoms with Gasteiger partial charge in [-0.3, -0.25) is 19.1 Å². The number of nitrogens with one attached hydrogen (secondary N) is 2. The number of phenolic OH excluding ortho intramolecular Hbond substituents is 1. The van der Waals surface area contributed by atoms with Crippen LogP contribution in [0.2, 0.25) is 0 Å². The van der Waals surface area contributed by atoms with Gasteiger partial charge in [0.05, 0.1) is 45.7 Å². The number of halogens is 1. The normalized spacial score (nSPS) is 15.2. The van der Waals surface area contributed by atoms with E-state index in [1.165, 1.54) is 28.4 Å². The standard InChI is InChI=1S/C55H53FN6O7S2/c1-33-50(70-32-58-33)37-11-7-35(8-12-37)30-57-53(66)46-28-41(64)31-62(46)54(67)52(55(2,3)4)59-48(65)27-34-5-9-36(10-6-34)45-23-24-61(60-45)25-26-68-42-18-20-43(21-19-42)69-49-44-22-17-40(63)29-47(44)71-51(49)38-13-15-39(56)16-14-38/h5-24,29,32,41,46,52,63-64H,25-28,30-31H2,1-4H3,(H,57,66)(H,59,65)/t41-,46+,52-/m1/s1. The average Bonchev–Trinajstić information content (AvgIpc) is 4.17. The number of carbonyl (C=O) groups is 3. The molecule has 16 heteroatoms. The molecule has 8 aromatic rings. The van der Waals surface area contributed by atoms with Crippen LogP contribution in [0, 0.1) is 18.2 Å². The Bertz CT molecular complexity index is 3160. The second-order valence-electron chi connectivity index (χ2n) is 18.7. The van der Waals surface area contributed by atoms with Gasteiger partial charge >= 0.3 is 0 Å². The number of aliphatic hydroxyl groups excluding tert-OH is 1. The molecule has 4 heterocycles. The van der Waals surface area contributed by atoms with Gasteiger partial charge in [0.2, 0.25) is 17.7 Å². The molecule has 9 rings (SSSR count). The first kappa shape index (κ1) is 48.6. The summed E-state index contributed by atoms with van der Waals surface area (Å²) in [7, 11) is 0. The summed E-state index contributed by atoms with van der Waals surface area (Å²) in [5.74, 6) is 0.561. The summed E-state index contributed by atoms with van der Waals surface area (Å²) in [5.41, 5.74) is 7.20. The van der Waals surface area contributed by atoms with Gasteiger partial charge in [0.1, 0.15) is 41.8 Å². The molecule has 71 heavy (non-hydrogen) atoms. The number of hydrogen-bond acceptors (Lipinski definition) is 11. The van der Waals surface area contributed by atoms with Crippen molar-refractivity contribution in [1.82, 2.24) is 30.3 Å². The van der Waals surface area contributed by atoms with Gasteiger partial charge in [0.15, 0.2) is 5.75 Å². The molecule has 3 atom stereocenters. The molecular weight excluding hydrogens is 940 g/mol. The third kappa shape index (κ3) is 11.5. The van der Waals surface area contributed by atoms with Crippen molar-refractivity contribution in [2.75, 3.05) is 13.2 Å². The minimum Gasteiger partial charge on any atom is -0.508 e. The van der Waals surface area contributed by atoms with Crippen molar-refractivity contribution >= 4 is 50.5 Å². The first-order valence-electron chi connectivity index (χ1n) is 23.2. The number of phenols is 1. The highest BCUT2D eigenvalue weighted by molar-refractivity contribution is 7.22. The number of thiophene rings is 1. The van der Waals surface area contributed by atoms with E-state index >= 15 is 0 Å². The van der Waals surface area contributed by atoms with E-state index in [0.717, 1.165) is 59.0 Å². The van der Waals surface area contributed by atoms with Crippen molar-refractivity contribution in [3.05, 3.63) is 156 Å². The van der Waals surface area contributed by atoms with Gasteiger partial charge in [0, 0.05) is 41.4 Å². The highest BCUT2D eigenvalue weighted by atomic mass is 32.1. The fourth-order valence-electron chi connectivity index (χ4n) is 8.54. The number of thiazole rings is 1. The molecule has 1 aliphatic heterocycles. The summed E-state index contributed by atoms with van der Waals surface area (Å²) in [5, 5.41) is 32.2. The molecule has 5 aromatic carbocycles. The third-order valence-electron chi connectivity index (χ3n) is 12.3. The zero-order chi connectivity index (χ0) is 49.8. The number of aliphatic hydroxyl groups is 1. The summed E-state index contributed by atoms with van der Waals surface area (Å²) < 4.78 is 28.8. The molecule has 0 saturated carbocycles. The maximum Gasteiger partial charge on any atom is 0.246 e. The molecule has 4 N–H and O–H groups in total. The van der Waals surface area contributed by atoms with Crippen LogP contribution in [0.1, 0.15) is 44.0 Å². The van der Waals surface area contributed by atoms with Crippen LogP contribution in [0.15, 0.2) is 133 Å². The van der Waals surface area contributed by atoms with E-state index in [9.17, 15) is 29.0 Å². The number of aromatic nitrogens is 3. The lowest BCUT2D eigenvalue weighted by molar-refractivity contribution is -0.144. The predicted octanol–water partition coefficient (Wildman–Crippen LogP) is 9.93. The van der Waals surface area contributed by atoms with Crippen molar-refractivity contribution in [2.45, 2.75) is 71.8 Å². The van der Waals surface area contributed by atoms with E-state index in [2.05, 4.69) is 15.6 Å². The van der Waals surface area contributed by atoms with Crippen molar-refractivity contribution in [1.29, 1.82) is 0 Å². The number of benzene rings is 5. The summed E-state index contributed by atoms with van der Waals surface area (Å²) in [6.07, 6.45) is 1.13. The number of ether oxygens (including phenoxy) is 2. The molecule has 1 aliphatic rings. The molecule has 0 aliphatic carbocycles. The smallest absolute Gasteiger partial charge is 0.246 e. The number of fused-ring (bicyclic) bond motifs is 1. The predicted molar refractivity (Wildman–Crippen MR) is 274 cm³/mol. The minimum atomic E-state index is -0.947. The van der Waals surface area contributed by atoms with Gasteiger partial charge in [0.25, 0.3) is 0 Å². The number of carbonyl (C=O) groups excluding carboxylic acids is 3. The topological polar surface area (TPSA) is 168 Å². The van der Waals surface area contributed by atoms with Gasteiger partial charge in [-0.2, -0.15) is 5.10 Å². The maximum atomic E-state index is 14.2. The Morgan fingerprint density at radius 1 is 0.859 bits per heavy atom. The largest absolute Gasteiger partial charge is 0.508 e. The minimum absolute atomic E-state index is 0.0109. The van der Waals surface area contributed by atoms with E-state index in [4.69, 9.17) is 14.6 Å². The van der Waals surface area contributed by atoms with E-state index in [1.54, 1.807) is 40.3 Å². The molecule has 1 fully saturated rings. The van der Waals surface area contributed by atoms with Crippen molar-refractivity contribution in [3.63, 3.8) is 0 Å². The number of aromatic hydroxyl groups is 1. The molecule has 0 bridgehead atoms. The Balaban J connectivity index is 0.757. The number of likely N-dealkylation sites (tertiary alicyclic amines) is 1. The highest BCUT2D eigenvalue weighted by Crippen LogP contribution is 2.47. The molecular formula is C55H53FN6O7S2. The van der Waals surface area contributed by atoms with E-state index in [0.29, 0.717) is 30.4 Å². The number of aryl methyl sites for hydroxylation is 1. The zero-order valence-electron chi connectivity index (χ0n) is 39.6. The molecule has 0 spiro atoms. The SMILES string of the molecule is Cc1ncsc1-c1ccc(CNC(=O)[C@@H]2C[C@@H](O)CN2C(=O)[C@@H](NC(=O)Cc2ccc(-c3ccn(CCOc4ccc(Oc5c(-c6ccc(F)cc6)sc6cc(O)ccc56)cc4)n3)cc2)C(C)(C)C)cc1. The number of amides is 3. The summed E-state index contributed by atoms with van der Waals surface area (Å²) >= 11 is 3.03. The van der Waals surface area contributed by atoms with Crippen molar-refractivity contribution < 1.29 is 38.5 Å². The number of nitrogens with zero attached hydrogens (tertiary/aromatic N) is 4. The second kappa shape index (κ2) is 20.9. The van der Waals surface area contributed by atoms with Crippen LogP contribution in [0.25, 0.3) is 42.2 Å². The van der Waals surface area contributed by atoms with Crippen molar-refractivity contribution in [2.24, 2.45) is 5.41 Å². The van der Waals surface area contributed by atoms with Crippen LogP contribution in [0.4, 0.5) is 4.39 Å². The van der Waals surface area contributed by atoms with Gasteiger partial charge in [-0.1, -0.05) is 81.4 Å².